The van der Waals surface area contributed by atoms with Crippen molar-refractivity contribution >= 4 is 5.91 Å². The molecule has 0 unspecified atom stereocenters. The maximum Gasteiger partial charge on any atom is 0.223 e. The predicted molar refractivity (Wildman–Crippen MR) is 49.5 cm³/mol. The van der Waals surface area contributed by atoms with Gasteiger partial charge in [-0.2, -0.15) is 0 Å². The van der Waals surface area contributed by atoms with Gasteiger partial charge in [0.25, 0.3) is 0 Å². The average Bonchev–Trinajstić information content (AvgIpc) is 2.52. The number of rotatable bonds is 4. The summed E-state index contributed by atoms with van der Waals surface area (Å²) in [5.74, 6) is 0.0999. The Morgan fingerprint density at radius 2 is 2.36 bits per heavy atom. The van der Waals surface area contributed by atoms with Crippen LogP contribution in [-0.4, -0.2) is 22.8 Å². The van der Waals surface area contributed by atoms with Gasteiger partial charge < -0.3 is 15.4 Å². The van der Waals surface area contributed by atoms with E-state index < -0.39 is 11.3 Å². The fraction of sp³-hybridized carbons (Fsp3) is 0.556. The van der Waals surface area contributed by atoms with Crippen molar-refractivity contribution in [1.82, 2.24) is 5.16 Å². The number of hydrogen-bond acceptors (Lipinski definition) is 4. The number of nitrogens with zero attached hydrogens (tertiary/aromatic N) is 1. The molecule has 1 aromatic rings. The molecule has 0 aromatic carbocycles. The van der Waals surface area contributed by atoms with Crippen molar-refractivity contribution in [3.8, 4) is 0 Å². The van der Waals surface area contributed by atoms with Crippen molar-refractivity contribution in [3.05, 3.63) is 17.5 Å². The van der Waals surface area contributed by atoms with Crippen LogP contribution in [0.3, 0.4) is 0 Å². The van der Waals surface area contributed by atoms with Crippen molar-refractivity contribution in [3.63, 3.8) is 0 Å². The molecule has 1 rings (SSSR count). The number of carbonyl (C=O) groups excluding carboxylic acids is 1. The molecule has 5 nitrogen and oxygen atoms in total. The number of carbonyl (C=O) groups is 1. The molecule has 0 atom stereocenters. The molecule has 5 heteroatoms. The van der Waals surface area contributed by atoms with Crippen LogP contribution in [0.15, 0.2) is 10.6 Å². The van der Waals surface area contributed by atoms with E-state index in [4.69, 9.17) is 15.4 Å². The molecule has 3 N–H and O–H groups in total. The zero-order valence-corrected chi connectivity index (χ0v) is 8.28. The Kier molecular flexibility index (Phi) is 2.90. The highest BCUT2D eigenvalue weighted by Gasteiger charge is 2.24. The molecule has 1 aromatic heterocycles. The Morgan fingerprint density at radius 3 is 2.86 bits per heavy atom. The predicted octanol–water partition coefficient (Wildman–Crippen LogP) is -0.0277. The van der Waals surface area contributed by atoms with Gasteiger partial charge in [0.2, 0.25) is 5.91 Å². The lowest BCUT2D eigenvalue weighted by molar-refractivity contribution is -0.117. The highest BCUT2D eigenvalue weighted by Crippen LogP contribution is 2.22. The van der Waals surface area contributed by atoms with Gasteiger partial charge in [-0.1, -0.05) is 19.0 Å². The van der Waals surface area contributed by atoms with Crippen LogP contribution in [0.4, 0.5) is 0 Å². The summed E-state index contributed by atoms with van der Waals surface area (Å²) < 4.78 is 5.00. The van der Waals surface area contributed by atoms with Gasteiger partial charge in [-0.25, -0.2) is 0 Å². The zero-order valence-electron chi connectivity index (χ0n) is 8.28. The van der Waals surface area contributed by atoms with Gasteiger partial charge in [-0.3, -0.25) is 4.79 Å². The van der Waals surface area contributed by atoms with Crippen LogP contribution in [0.1, 0.15) is 25.3 Å². The second-order valence-corrected chi connectivity index (χ2v) is 3.87. The van der Waals surface area contributed by atoms with E-state index >= 15 is 0 Å². The summed E-state index contributed by atoms with van der Waals surface area (Å²) in [4.78, 5) is 10.6. The van der Waals surface area contributed by atoms with Crippen molar-refractivity contribution in [2.24, 2.45) is 5.73 Å². The molecule has 0 aliphatic carbocycles. The van der Waals surface area contributed by atoms with E-state index in [1.807, 2.05) is 13.8 Å². The van der Waals surface area contributed by atoms with E-state index in [-0.39, 0.29) is 13.0 Å². The highest BCUT2D eigenvalue weighted by molar-refractivity contribution is 5.76. The molecule has 0 saturated heterocycles. The second-order valence-electron chi connectivity index (χ2n) is 3.87. The lowest BCUT2D eigenvalue weighted by Crippen LogP contribution is -2.21. The van der Waals surface area contributed by atoms with Gasteiger partial charge in [-0.05, 0) is 0 Å². The Hall–Kier alpha value is -1.36. The normalized spacial score (nSPS) is 11.6. The maximum atomic E-state index is 10.6. The van der Waals surface area contributed by atoms with Crippen LogP contribution < -0.4 is 5.73 Å². The third-order valence-corrected chi connectivity index (χ3v) is 1.98. The molecular formula is C9H14N2O3. The number of amides is 1. The summed E-state index contributed by atoms with van der Waals surface area (Å²) in [7, 11) is 0. The van der Waals surface area contributed by atoms with Crippen molar-refractivity contribution in [2.75, 3.05) is 6.61 Å². The average molecular weight is 198 g/mol. The van der Waals surface area contributed by atoms with Crippen LogP contribution >= 0.6 is 0 Å². The first-order valence-corrected chi connectivity index (χ1v) is 4.31. The Bertz CT molecular complexity index is 331. The molecule has 0 bridgehead atoms. The van der Waals surface area contributed by atoms with Gasteiger partial charge in [0.1, 0.15) is 5.76 Å². The first-order valence-electron chi connectivity index (χ1n) is 4.31. The Morgan fingerprint density at radius 1 is 1.71 bits per heavy atom. The molecule has 14 heavy (non-hydrogen) atoms. The second kappa shape index (κ2) is 3.79. The van der Waals surface area contributed by atoms with Crippen molar-refractivity contribution in [2.45, 2.75) is 25.7 Å². The summed E-state index contributed by atoms with van der Waals surface area (Å²) in [6.45, 7) is 3.60. The van der Waals surface area contributed by atoms with Crippen LogP contribution in [0.5, 0.6) is 0 Å². The fourth-order valence-electron chi connectivity index (χ4n) is 0.970. The van der Waals surface area contributed by atoms with E-state index in [0.717, 1.165) is 0 Å². The topological polar surface area (TPSA) is 89.4 Å². The third kappa shape index (κ3) is 2.32. The number of aromatic nitrogens is 1. The molecule has 78 valence electrons. The minimum atomic E-state index is -0.483. The lowest BCUT2D eigenvalue weighted by atomic mass is 9.91. The number of aliphatic hydroxyl groups is 1. The maximum absolute atomic E-state index is 10.6. The van der Waals surface area contributed by atoms with Gasteiger partial charge in [-0.15, -0.1) is 0 Å². The van der Waals surface area contributed by atoms with Gasteiger partial charge in [0.05, 0.1) is 18.7 Å². The first kappa shape index (κ1) is 10.7. The van der Waals surface area contributed by atoms with E-state index in [1.165, 1.54) is 0 Å². The summed E-state index contributed by atoms with van der Waals surface area (Å²) >= 11 is 0. The Labute approximate surface area is 81.9 Å². The molecule has 0 aliphatic rings. The van der Waals surface area contributed by atoms with Crippen LogP contribution in [0, 0.1) is 0 Å². The number of primary amides is 1. The largest absolute Gasteiger partial charge is 0.395 e. The van der Waals surface area contributed by atoms with Crippen molar-refractivity contribution < 1.29 is 14.4 Å². The van der Waals surface area contributed by atoms with E-state index in [1.54, 1.807) is 6.07 Å². The number of hydrogen-bond donors (Lipinski definition) is 2. The number of aliphatic hydroxyl groups excluding tert-OH is 1. The first-order chi connectivity index (χ1) is 6.45. The van der Waals surface area contributed by atoms with Crippen molar-refractivity contribution in [1.29, 1.82) is 0 Å². The molecule has 0 radical (unpaired) electrons. The SMILES string of the molecule is CC(C)(CO)c1cc(CC(N)=O)no1. The minimum absolute atomic E-state index is 0.0434. The summed E-state index contributed by atoms with van der Waals surface area (Å²) in [5, 5.41) is 12.7. The van der Waals surface area contributed by atoms with E-state index in [0.29, 0.717) is 11.5 Å². The summed E-state index contributed by atoms with van der Waals surface area (Å²) in [6.07, 6.45) is 0.0605. The van der Waals surface area contributed by atoms with Gasteiger partial charge in [0, 0.05) is 11.5 Å². The zero-order chi connectivity index (χ0) is 10.8. The molecule has 1 heterocycles. The lowest BCUT2D eigenvalue weighted by Gasteiger charge is -2.16. The quantitative estimate of drug-likeness (QED) is 0.711. The van der Waals surface area contributed by atoms with Crippen LogP contribution in [0.2, 0.25) is 0 Å². The molecule has 0 saturated carbocycles. The van der Waals surface area contributed by atoms with Gasteiger partial charge in [0.15, 0.2) is 0 Å². The van der Waals surface area contributed by atoms with Gasteiger partial charge >= 0.3 is 0 Å². The third-order valence-electron chi connectivity index (χ3n) is 1.98. The fourth-order valence-corrected chi connectivity index (χ4v) is 0.970. The standard InChI is InChI=1S/C9H14N2O3/c1-9(2,5-12)7-3-6(11-14-7)4-8(10)13/h3,12H,4-5H2,1-2H3,(H2,10,13). The molecule has 1 amide bonds. The van der Waals surface area contributed by atoms with E-state index in [9.17, 15) is 4.79 Å². The summed E-state index contributed by atoms with van der Waals surface area (Å²) in [6, 6.07) is 1.64. The summed E-state index contributed by atoms with van der Waals surface area (Å²) in [5.41, 5.74) is 5.02. The monoisotopic (exact) mass is 198 g/mol. The highest BCUT2D eigenvalue weighted by atomic mass is 16.5. The molecule has 0 spiro atoms. The molecular weight excluding hydrogens is 184 g/mol. The minimum Gasteiger partial charge on any atom is -0.395 e. The Balaban J connectivity index is 2.82. The molecule has 0 fully saturated rings. The van der Waals surface area contributed by atoms with Crippen LogP contribution in [-0.2, 0) is 16.6 Å². The van der Waals surface area contributed by atoms with E-state index in [2.05, 4.69) is 5.16 Å². The molecule has 0 aliphatic heterocycles. The number of nitrogens with two attached hydrogens (primary N) is 1. The van der Waals surface area contributed by atoms with Crippen LogP contribution in [0.25, 0.3) is 0 Å². The smallest absolute Gasteiger partial charge is 0.223 e.